The van der Waals surface area contributed by atoms with Gasteiger partial charge in [0.2, 0.25) is 5.91 Å². The Bertz CT molecular complexity index is 560. The zero-order chi connectivity index (χ0) is 27.4. The standard InChI is InChI=1S/C29H59N5O3/c1-3-5-7-9-10-11-12-13-14-15-16-17-18-20-25-37-29(36)34-26(22-21-24-33-28(30)31)27(35)32-23-19-8-6-4-2/h26H,3-25H2,1-2H3,(H,32,35)(H,34,36)(H4,30,31,33). The summed E-state index contributed by atoms with van der Waals surface area (Å²) in [7, 11) is 0. The summed E-state index contributed by atoms with van der Waals surface area (Å²) in [5.41, 5.74) is 5.31. The van der Waals surface area contributed by atoms with E-state index in [0.717, 1.165) is 38.5 Å². The number of ether oxygens (including phenoxy) is 1. The third-order valence-electron chi connectivity index (χ3n) is 6.65. The van der Waals surface area contributed by atoms with Crippen molar-refractivity contribution in [3.63, 3.8) is 0 Å². The van der Waals surface area contributed by atoms with Crippen LogP contribution in [0.3, 0.4) is 0 Å². The van der Waals surface area contributed by atoms with Gasteiger partial charge in [-0.1, -0.05) is 117 Å². The summed E-state index contributed by atoms with van der Waals surface area (Å²) < 4.78 is 5.33. The second-order valence-corrected chi connectivity index (χ2v) is 10.3. The maximum Gasteiger partial charge on any atom is 0.407 e. The predicted molar refractivity (Wildman–Crippen MR) is 155 cm³/mol. The van der Waals surface area contributed by atoms with E-state index >= 15 is 0 Å². The van der Waals surface area contributed by atoms with Gasteiger partial charge < -0.3 is 26.4 Å². The number of rotatable bonds is 26. The topological polar surface area (TPSA) is 129 Å². The van der Waals surface area contributed by atoms with E-state index in [-0.39, 0.29) is 11.9 Å². The molecular formula is C29H59N5O3. The minimum atomic E-state index is -0.649. The molecule has 0 saturated carbocycles. The molecule has 8 nitrogen and oxygen atoms in total. The molecule has 37 heavy (non-hydrogen) atoms. The second-order valence-electron chi connectivity index (χ2n) is 10.3. The van der Waals surface area contributed by atoms with Crippen LogP contribution in [0.4, 0.5) is 4.79 Å². The van der Waals surface area contributed by atoms with E-state index in [0.29, 0.717) is 32.5 Å². The number of nitrogens with two attached hydrogens (primary N) is 1. The number of carbonyl (C=O) groups excluding carboxylic acids is 2. The molecule has 0 aliphatic rings. The van der Waals surface area contributed by atoms with Crippen LogP contribution in [0.15, 0.2) is 0 Å². The molecule has 2 amide bonds. The molecule has 0 heterocycles. The van der Waals surface area contributed by atoms with Crippen LogP contribution in [0.5, 0.6) is 0 Å². The molecule has 0 aromatic carbocycles. The van der Waals surface area contributed by atoms with Crippen LogP contribution in [0.2, 0.25) is 0 Å². The lowest BCUT2D eigenvalue weighted by Gasteiger charge is -2.18. The Morgan fingerprint density at radius 3 is 1.65 bits per heavy atom. The Balaban J connectivity index is 3.92. The first-order chi connectivity index (χ1) is 18.0. The van der Waals surface area contributed by atoms with Gasteiger partial charge in [-0.3, -0.25) is 10.2 Å². The fourth-order valence-corrected chi connectivity index (χ4v) is 4.33. The highest BCUT2D eigenvalue weighted by Gasteiger charge is 2.20. The van der Waals surface area contributed by atoms with Crippen LogP contribution in [0.1, 0.15) is 142 Å². The monoisotopic (exact) mass is 525 g/mol. The zero-order valence-corrected chi connectivity index (χ0v) is 24.1. The molecule has 1 unspecified atom stereocenters. The van der Waals surface area contributed by atoms with Gasteiger partial charge in [-0.25, -0.2) is 4.79 Å². The average Bonchev–Trinajstić information content (AvgIpc) is 2.87. The van der Waals surface area contributed by atoms with Gasteiger partial charge >= 0.3 is 6.09 Å². The highest BCUT2D eigenvalue weighted by Crippen LogP contribution is 2.13. The molecular weight excluding hydrogens is 466 g/mol. The molecule has 0 fully saturated rings. The first-order valence-corrected chi connectivity index (χ1v) is 15.3. The minimum Gasteiger partial charge on any atom is -0.450 e. The Morgan fingerprint density at radius 2 is 1.14 bits per heavy atom. The number of nitrogens with one attached hydrogen (secondary N) is 4. The molecule has 218 valence electrons. The van der Waals surface area contributed by atoms with Crippen molar-refractivity contribution in [3.8, 4) is 0 Å². The summed E-state index contributed by atoms with van der Waals surface area (Å²) in [6, 6.07) is -0.649. The molecule has 0 aliphatic carbocycles. The third-order valence-corrected chi connectivity index (χ3v) is 6.65. The summed E-state index contributed by atoms with van der Waals surface area (Å²) in [6.45, 7) is 5.88. The number of amides is 2. The Labute approximate surface area is 227 Å². The van der Waals surface area contributed by atoms with Crippen molar-refractivity contribution >= 4 is 18.0 Å². The summed E-state index contributed by atoms with van der Waals surface area (Å²) in [5.74, 6) is -0.287. The lowest BCUT2D eigenvalue weighted by molar-refractivity contribution is -0.123. The number of unbranched alkanes of at least 4 members (excludes halogenated alkanes) is 16. The fourth-order valence-electron chi connectivity index (χ4n) is 4.33. The van der Waals surface area contributed by atoms with E-state index in [1.165, 1.54) is 77.0 Å². The van der Waals surface area contributed by atoms with Crippen molar-refractivity contribution in [2.75, 3.05) is 19.7 Å². The molecule has 0 bridgehead atoms. The normalized spacial score (nSPS) is 11.6. The number of guanidine groups is 1. The third kappa shape index (κ3) is 25.4. The van der Waals surface area contributed by atoms with Crippen molar-refractivity contribution in [2.45, 2.75) is 148 Å². The summed E-state index contributed by atoms with van der Waals surface area (Å²) >= 11 is 0. The molecule has 1 atom stereocenters. The van der Waals surface area contributed by atoms with Gasteiger partial charge in [-0.15, -0.1) is 0 Å². The molecule has 0 rings (SSSR count). The van der Waals surface area contributed by atoms with E-state index in [4.69, 9.17) is 15.9 Å². The van der Waals surface area contributed by atoms with E-state index in [2.05, 4.69) is 29.8 Å². The van der Waals surface area contributed by atoms with Gasteiger partial charge in [0, 0.05) is 13.1 Å². The molecule has 0 aromatic heterocycles. The Kier molecular flexibility index (Phi) is 25.6. The second kappa shape index (κ2) is 27.1. The van der Waals surface area contributed by atoms with E-state index in [1.54, 1.807) is 0 Å². The molecule has 8 heteroatoms. The molecule has 0 aromatic rings. The summed E-state index contributed by atoms with van der Waals surface area (Å²) in [6.07, 6.45) is 22.8. The molecule has 6 N–H and O–H groups in total. The average molecular weight is 526 g/mol. The van der Waals surface area contributed by atoms with E-state index in [1.807, 2.05) is 0 Å². The van der Waals surface area contributed by atoms with Crippen LogP contribution in [-0.4, -0.2) is 43.7 Å². The van der Waals surface area contributed by atoms with E-state index < -0.39 is 12.1 Å². The van der Waals surface area contributed by atoms with Crippen LogP contribution >= 0.6 is 0 Å². The lowest BCUT2D eigenvalue weighted by Crippen LogP contribution is -2.47. The van der Waals surface area contributed by atoms with Crippen LogP contribution in [0.25, 0.3) is 0 Å². The van der Waals surface area contributed by atoms with Gasteiger partial charge in [-0.2, -0.15) is 0 Å². The van der Waals surface area contributed by atoms with Crippen LogP contribution < -0.4 is 21.7 Å². The molecule has 0 saturated heterocycles. The minimum absolute atomic E-state index is 0.0996. The van der Waals surface area contributed by atoms with Gasteiger partial charge in [0.15, 0.2) is 5.96 Å². The van der Waals surface area contributed by atoms with Gasteiger partial charge in [0.05, 0.1) is 6.61 Å². The summed E-state index contributed by atoms with van der Waals surface area (Å²) in [5, 5.41) is 15.6. The Hall–Kier alpha value is -1.99. The lowest BCUT2D eigenvalue weighted by atomic mass is 10.0. The number of hydrogen-bond donors (Lipinski definition) is 5. The molecule has 0 radical (unpaired) electrons. The van der Waals surface area contributed by atoms with Crippen LogP contribution in [0, 0.1) is 5.41 Å². The van der Waals surface area contributed by atoms with Crippen molar-refractivity contribution in [1.82, 2.24) is 16.0 Å². The highest BCUT2D eigenvalue weighted by atomic mass is 16.5. The zero-order valence-electron chi connectivity index (χ0n) is 24.1. The van der Waals surface area contributed by atoms with Gasteiger partial charge in [0.1, 0.15) is 6.04 Å². The molecule has 0 spiro atoms. The first-order valence-electron chi connectivity index (χ1n) is 15.3. The SMILES string of the molecule is CCCCCCCCCCCCCCCCOC(=O)NC(CCCNC(=N)N)C(=O)NCCCCCC. The van der Waals surface area contributed by atoms with Gasteiger partial charge in [-0.05, 0) is 25.7 Å². The summed E-state index contributed by atoms with van der Waals surface area (Å²) in [4.78, 5) is 24.8. The number of hydrogen-bond acceptors (Lipinski definition) is 4. The van der Waals surface area contributed by atoms with E-state index in [9.17, 15) is 9.59 Å². The largest absolute Gasteiger partial charge is 0.450 e. The Morgan fingerprint density at radius 1 is 0.676 bits per heavy atom. The van der Waals surface area contributed by atoms with Crippen molar-refractivity contribution < 1.29 is 14.3 Å². The smallest absolute Gasteiger partial charge is 0.407 e. The van der Waals surface area contributed by atoms with Crippen molar-refractivity contribution in [3.05, 3.63) is 0 Å². The quantitative estimate of drug-likeness (QED) is 0.0498. The van der Waals surface area contributed by atoms with Crippen molar-refractivity contribution in [2.24, 2.45) is 5.73 Å². The number of carbonyl (C=O) groups is 2. The molecule has 0 aliphatic heterocycles. The number of alkyl carbamates (subject to hydrolysis) is 1. The van der Waals surface area contributed by atoms with Crippen molar-refractivity contribution in [1.29, 1.82) is 5.41 Å². The maximum absolute atomic E-state index is 12.6. The highest BCUT2D eigenvalue weighted by molar-refractivity contribution is 5.85. The van der Waals surface area contributed by atoms with Gasteiger partial charge in [0.25, 0.3) is 0 Å². The van der Waals surface area contributed by atoms with Crippen LogP contribution in [-0.2, 0) is 9.53 Å². The first kappa shape index (κ1) is 35.0. The predicted octanol–water partition coefficient (Wildman–Crippen LogP) is 6.52. The maximum atomic E-state index is 12.6. The fraction of sp³-hybridized carbons (Fsp3) is 0.897.